The highest BCUT2D eigenvalue weighted by Gasteiger charge is 2.18. The largest absolute Gasteiger partial charge is 0.319 e. The van der Waals surface area contributed by atoms with Crippen LogP contribution >= 0.6 is 11.3 Å². The first-order valence-corrected chi connectivity index (χ1v) is 8.00. The van der Waals surface area contributed by atoms with Crippen LogP contribution < -0.4 is 5.32 Å². The lowest BCUT2D eigenvalue weighted by molar-refractivity contribution is 0.410. The van der Waals surface area contributed by atoms with Gasteiger partial charge >= 0.3 is 0 Å². The zero-order valence-electron chi connectivity index (χ0n) is 12.9. The Morgan fingerprint density at radius 2 is 1.85 bits per heavy atom. The Kier molecular flexibility index (Phi) is 4.95. The maximum absolute atomic E-state index is 4.91. The lowest BCUT2D eigenvalue weighted by Crippen LogP contribution is -2.09. The molecule has 1 N–H and O–H groups in total. The van der Waals surface area contributed by atoms with Crippen molar-refractivity contribution < 1.29 is 0 Å². The number of hydrogen-bond donors (Lipinski definition) is 1. The molecule has 0 saturated heterocycles. The van der Waals surface area contributed by atoms with E-state index in [2.05, 4.69) is 56.4 Å². The number of hydrogen-bond acceptors (Lipinski definition) is 3. The van der Waals surface area contributed by atoms with E-state index in [-0.39, 0.29) is 5.41 Å². The van der Waals surface area contributed by atoms with Gasteiger partial charge in [0.05, 0.1) is 10.7 Å². The minimum Gasteiger partial charge on any atom is -0.319 e. The minimum atomic E-state index is 0.284. The van der Waals surface area contributed by atoms with Gasteiger partial charge in [0.2, 0.25) is 0 Å². The second-order valence-electron chi connectivity index (χ2n) is 6.34. The van der Waals surface area contributed by atoms with Crippen LogP contribution in [0.4, 0.5) is 0 Å². The average molecular weight is 288 g/mol. The Labute approximate surface area is 126 Å². The van der Waals surface area contributed by atoms with E-state index in [4.69, 9.17) is 4.98 Å². The number of thiazole rings is 1. The molecule has 0 bridgehead atoms. The van der Waals surface area contributed by atoms with Crippen LogP contribution in [0, 0.1) is 5.41 Å². The third kappa shape index (κ3) is 4.15. The summed E-state index contributed by atoms with van der Waals surface area (Å²) in [5.74, 6) is 0. The molecule has 1 aromatic carbocycles. The van der Waals surface area contributed by atoms with Crippen molar-refractivity contribution in [3.8, 4) is 11.3 Å². The lowest BCUT2D eigenvalue weighted by Gasteiger charge is -2.15. The molecule has 0 aliphatic carbocycles. The smallest absolute Gasteiger partial charge is 0.0940 e. The van der Waals surface area contributed by atoms with Crippen LogP contribution in [0.3, 0.4) is 0 Å². The topological polar surface area (TPSA) is 24.9 Å². The number of rotatable bonds is 5. The first kappa shape index (κ1) is 15.2. The van der Waals surface area contributed by atoms with Gasteiger partial charge in [0.15, 0.2) is 0 Å². The number of aromatic nitrogens is 1. The third-order valence-electron chi connectivity index (χ3n) is 3.07. The van der Waals surface area contributed by atoms with Crippen LogP contribution in [0.2, 0.25) is 0 Å². The van der Waals surface area contributed by atoms with Crippen molar-refractivity contribution in [3.63, 3.8) is 0 Å². The Bertz CT molecular complexity index is 538. The number of likely N-dealkylation sites (N-methyl/N-ethyl adjacent to an activating group) is 1. The first-order chi connectivity index (χ1) is 9.49. The van der Waals surface area contributed by atoms with Gasteiger partial charge in [0.1, 0.15) is 0 Å². The van der Waals surface area contributed by atoms with Gasteiger partial charge in [-0.15, -0.1) is 11.3 Å². The Hall–Kier alpha value is -1.19. The van der Waals surface area contributed by atoms with Gasteiger partial charge < -0.3 is 5.32 Å². The summed E-state index contributed by atoms with van der Waals surface area (Å²) in [5.41, 5.74) is 2.69. The highest BCUT2D eigenvalue weighted by molar-refractivity contribution is 7.12. The molecule has 0 spiro atoms. The van der Waals surface area contributed by atoms with E-state index in [1.165, 1.54) is 21.1 Å². The highest BCUT2D eigenvalue weighted by Crippen LogP contribution is 2.32. The lowest BCUT2D eigenvalue weighted by atomic mass is 9.93. The molecule has 0 aliphatic heterocycles. The summed E-state index contributed by atoms with van der Waals surface area (Å²) in [6, 6.07) is 10.5. The van der Waals surface area contributed by atoms with Crippen molar-refractivity contribution in [3.05, 3.63) is 40.2 Å². The molecule has 0 saturated carbocycles. The van der Waals surface area contributed by atoms with Crippen molar-refractivity contribution in [2.75, 3.05) is 13.6 Å². The molecule has 2 nitrogen and oxygen atoms in total. The fraction of sp³-hybridized carbons (Fsp3) is 0.471. The van der Waals surface area contributed by atoms with Crippen LogP contribution in [0.25, 0.3) is 11.3 Å². The zero-order chi connectivity index (χ0) is 14.6. The number of nitrogens with one attached hydrogen (secondary N) is 1. The molecule has 3 heteroatoms. The molecule has 0 aliphatic rings. The van der Waals surface area contributed by atoms with Crippen LogP contribution in [-0.2, 0) is 12.8 Å². The summed E-state index contributed by atoms with van der Waals surface area (Å²) in [6.45, 7) is 7.80. The summed E-state index contributed by atoms with van der Waals surface area (Å²) in [7, 11) is 2.00. The van der Waals surface area contributed by atoms with Crippen molar-refractivity contribution >= 4 is 11.3 Å². The Balaban J connectivity index is 2.33. The van der Waals surface area contributed by atoms with E-state index in [0.29, 0.717) is 0 Å². The maximum atomic E-state index is 4.91. The molecular formula is C17H24N2S. The third-order valence-corrected chi connectivity index (χ3v) is 4.19. The van der Waals surface area contributed by atoms with E-state index < -0.39 is 0 Å². The number of nitrogens with zero attached hydrogens (tertiary/aromatic N) is 1. The van der Waals surface area contributed by atoms with E-state index in [0.717, 1.165) is 19.4 Å². The zero-order valence-corrected chi connectivity index (χ0v) is 13.7. The van der Waals surface area contributed by atoms with Gasteiger partial charge in [-0.25, -0.2) is 4.98 Å². The SMILES string of the molecule is CNCCc1sc(CC(C)(C)C)nc1-c1ccccc1. The molecule has 20 heavy (non-hydrogen) atoms. The van der Waals surface area contributed by atoms with E-state index in [9.17, 15) is 0 Å². The molecule has 2 aromatic rings. The number of benzene rings is 1. The van der Waals surface area contributed by atoms with Crippen molar-refractivity contribution in [2.24, 2.45) is 5.41 Å². The fourth-order valence-corrected chi connectivity index (χ4v) is 3.55. The van der Waals surface area contributed by atoms with Gasteiger partial charge in [-0.3, -0.25) is 0 Å². The highest BCUT2D eigenvalue weighted by atomic mass is 32.1. The molecule has 108 valence electrons. The minimum absolute atomic E-state index is 0.284. The van der Waals surface area contributed by atoms with Crippen molar-refractivity contribution in [1.82, 2.24) is 10.3 Å². The van der Waals surface area contributed by atoms with Crippen LogP contribution in [-0.4, -0.2) is 18.6 Å². The summed E-state index contributed by atoms with van der Waals surface area (Å²) in [6.07, 6.45) is 2.08. The van der Waals surface area contributed by atoms with Crippen molar-refractivity contribution in [2.45, 2.75) is 33.6 Å². The normalized spacial score (nSPS) is 11.8. The van der Waals surface area contributed by atoms with Crippen molar-refractivity contribution in [1.29, 1.82) is 0 Å². The Morgan fingerprint density at radius 3 is 2.45 bits per heavy atom. The second kappa shape index (κ2) is 6.51. The van der Waals surface area contributed by atoms with Gasteiger partial charge in [-0.1, -0.05) is 51.1 Å². The van der Waals surface area contributed by atoms with Crippen LogP contribution in [0.5, 0.6) is 0 Å². The molecule has 0 amide bonds. The van der Waals surface area contributed by atoms with Crippen LogP contribution in [0.15, 0.2) is 30.3 Å². The van der Waals surface area contributed by atoms with Gasteiger partial charge in [0, 0.05) is 16.9 Å². The van der Waals surface area contributed by atoms with E-state index in [1.807, 2.05) is 18.4 Å². The van der Waals surface area contributed by atoms with Gasteiger partial charge in [-0.2, -0.15) is 0 Å². The quantitative estimate of drug-likeness (QED) is 0.893. The predicted molar refractivity (Wildman–Crippen MR) is 88.3 cm³/mol. The first-order valence-electron chi connectivity index (χ1n) is 7.18. The molecular weight excluding hydrogens is 264 g/mol. The predicted octanol–water partition coefficient (Wildman–Crippen LogP) is 4.16. The molecule has 0 atom stereocenters. The summed E-state index contributed by atoms with van der Waals surface area (Å²) >= 11 is 1.87. The molecule has 1 aromatic heterocycles. The van der Waals surface area contributed by atoms with Gasteiger partial charge in [-0.05, 0) is 25.4 Å². The van der Waals surface area contributed by atoms with E-state index in [1.54, 1.807) is 0 Å². The molecule has 0 radical (unpaired) electrons. The summed E-state index contributed by atoms with van der Waals surface area (Å²) < 4.78 is 0. The van der Waals surface area contributed by atoms with E-state index >= 15 is 0 Å². The maximum Gasteiger partial charge on any atom is 0.0940 e. The van der Waals surface area contributed by atoms with Crippen LogP contribution in [0.1, 0.15) is 30.7 Å². The summed E-state index contributed by atoms with van der Waals surface area (Å²) in [5, 5.41) is 4.48. The summed E-state index contributed by atoms with van der Waals surface area (Å²) in [4.78, 5) is 6.30. The molecule has 0 fully saturated rings. The molecule has 2 rings (SSSR count). The molecule has 1 heterocycles. The average Bonchev–Trinajstić information content (AvgIpc) is 2.78. The standard InChI is InChI=1S/C17H24N2S/c1-17(2,3)12-15-19-16(13-8-6-5-7-9-13)14(20-15)10-11-18-4/h5-9,18H,10-12H2,1-4H3. The fourth-order valence-electron chi connectivity index (χ4n) is 2.16. The monoisotopic (exact) mass is 288 g/mol. The Morgan fingerprint density at radius 1 is 1.15 bits per heavy atom. The second-order valence-corrected chi connectivity index (χ2v) is 7.50. The van der Waals surface area contributed by atoms with Gasteiger partial charge in [0.25, 0.3) is 0 Å². The molecule has 0 unspecified atom stereocenters.